The second-order valence-corrected chi connectivity index (χ2v) is 10.1. The minimum atomic E-state index is -0.285. The lowest BCUT2D eigenvalue weighted by atomic mass is 10.1. The van der Waals surface area contributed by atoms with Crippen LogP contribution in [0.25, 0.3) is 6.08 Å². The number of nitrogens with zero attached hydrogens (tertiary/aromatic N) is 1. The van der Waals surface area contributed by atoms with Gasteiger partial charge in [0.05, 0.1) is 32.8 Å². The summed E-state index contributed by atoms with van der Waals surface area (Å²) in [4.78, 5) is 17.3. The van der Waals surface area contributed by atoms with E-state index in [1.807, 2.05) is 24.3 Å². The minimum absolute atomic E-state index is 0.285. The van der Waals surface area contributed by atoms with Gasteiger partial charge in [0.2, 0.25) is 0 Å². The molecule has 10 heteroatoms. The van der Waals surface area contributed by atoms with E-state index in [9.17, 15) is 4.79 Å². The average molecular weight is 599 g/mol. The lowest BCUT2D eigenvalue weighted by molar-refractivity contribution is -0.115. The molecule has 3 aromatic rings. The lowest BCUT2D eigenvalue weighted by Crippen LogP contribution is -2.19. The molecule has 3 aromatic carbocycles. The highest BCUT2D eigenvalue weighted by Crippen LogP contribution is 2.39. The monoisotopic (exact) mass is 596 g/mol. The number of rotatable bonds is 6. The first-order valence-electron chi connectivity index (χ1n) is 9.82. The number of halogens is 4. The third kappa shape index (κ3) is 5.90. The number of thioether (sulfide) groups is 1. The van der Waals surface area contributed by atoms with Crippen LogP contribution in [0.2, 0.25) is 15.1 Å². The number of amidine groups is 1. The van der Waals surface area contributed by atoms with Crippen LogP contribution < -0.4 is 14.8 Å². The summed E-state index contributed by atoms with van der Waals surface area (Å²) < 4.78 is 12.4. The number of methoxy groups -OCH3 is 1. The summed E-state index contributed by atoms with van der Waals surface area (Å²) in [7, 11) is 1.53. The Morgan fingerprint density at radius 1 is 1.09 bits per heavy atom. The molecule has 1 saturated heterocycles. The normalized spacial score (nSPS) is 15.6. The van der Waals surface area contributed by atoms with Gasteiger partial charge in [-0.25, -0.2) is 4.99 Å². The molecule has 0 bridgehead atoms. The molecule has 1 fully saturated rings. The third-order valence-corrected chi connectivity index (χ3v) is 7.18. The zero-order valence-electron chi connectivity index (χ0n) is 17.6. The van der Waals surface area contributed by atoms with E-state index in [-0.39, 0.29) is 5.91 Å². The van der Waals surface area contributed by atoms with E-state index in [1.54, 1.807) is 36.4 Å². The highest BCUT2D eigenvalue weighted by molar-refractivity contribution is 9.10. The topological polar surface area (TPSA) is 59.9 Å². The predicted molar refractivity (Wildman–Crippen MR) is 144 cm³/mol. The van der Waals surface area contributed by atoms with Crippen molar-refractivity contribution < 1.29 is 14.3 Å². The van der Waals surface area contributed by atoms with E-state index >= 15 is 0 Å². The van der Waals surface area contributed by atoms with Gasteiger partial charge in [-0.2, -0.15) is 0 Å². The summed E-state index contributed by atoms with van der Waals surface area (Å²) in [6.07, 6.45) is 1.70. The molecule has 1 aliphatic rings. The van der Waals surface area contributed by atoms with Crippen LogP contribution in [0.15, 0.2) is 69.0 Å². The molecule has 1 heterocycles. The molecule has 0 aliphatic carbocycles. The first kappa shape index (κ1) is 24.9. The molecule has 1 N–H and O–H groups in total. The first-order chi connectivity index (χ1) is 16.3. The van der Waals surface area contributed by atoms with Crippen molar-refractivity contribution in [3.63, 3.8) is 0 Å². The maximum atomic E-state index is 12.5. The van der Waals surface area contributed by atoms with E-state index in [1.165, 1.54) is 18.9 Å². The molecule has 0 radical (unpaired) electrons. The van der Waals surface area contributed by atoms with Gasteiger partial charge in [-0.1, -0.05) is 68.9 Å². The van der Waals surface area contributed by atoms with Crippen molar-refractivity contribution in [1.29, 1.82) is 0 Å². The van der Waals surface area contributed by atoms with E-state index in [0.717, 1.165) is 10.0 Å². The highest BCUT2D eigenvalue weighted by atomic mass is 79.9. The maximum absolute atomic E-state index is 12.5. The number of hydrogen-bond donors (Lipinski definition) is 1. The van der Waals surface area contributed by atoms with Crippen molar-refractivity contribution >= 4 is 85.3 Å². The van der Waals surface area contributed by atoms with Crippen LogP contribution in [0.5, 0.6) is 11.5 Å². The standard InChI is InChI=1S/C24H16BrCl3N2O3S/c1-32-19-10-14(9-17(27)22(19)33-12-13-5-7-15(25)8-6-13)11-20-23(31)30-24(34-20)29-18-4-2-3-16(26)21(18)28/h2-11H,12H2,1H3,(H,29,30,31)/b20-11+. The Labute approximate surface area is 224 Å². The molecule has 0 atom stereocenters. The van der Waals surface area contributed by atoms with Gasteiger partial charge >= 0.3 is 0 Å². The van der Waals surface area contributed by atoms with Gasteiger partial charge in [0.15, 0.2) is 16.7 Å². The molecular weight excluding hydrogens is 583 g/mol. The number of carbonyl (C=O) groups is 1. The van der Waals surface area contributed by atoms with Gasteiger partial charge in [-0.3, -0.25) is 4.79 Å². The first-order valence-corrected chi connectivity index (χ1v) is 12.6. The quantitative estimate of drug-likeness (QED) is 0.293. The molecule has 1 aliphatic heterocycles. The molecule has 0 saturated carbocycles. The van der Waals surface area contributed by atoms with Gasteiger partial charge in [0.1, 0.15) is 6.61 Å². The average Bonchev–Trinajstić information content (AvgIpc) is 3.15. The molecule has 4 rings (SSSR count). The Hall–Kier alpha value is -2.16. The number of carbonyl (C=O) groups excluding carboxylic acids is 1. The number of hydrogen-bond acceptors (Lipinski definition) is 5. The Kier molecular flexibility index (Phi) is 8.11. The second kappa shape index (κ2) is 11.1. The van der Waals surface area contributed by atoms with Gasteiger partial charge in [-0.05, 0) is 65.4 Å². The molecular formula is C24H16BrCl3N2O3S. The number of ether oxygens (including phenoxy) is 2. The summed E-state index contributed by atoms with van der Waals surface area (Å²) in [5, 5.41) is 4.20. The SMILES string of the molecule is COc1cc(/C=C2/SC(=Nc3cccc(Cl)c3Cl)NC2=O)cc(Cl)c1OCc1ccc(Br)cc1. The summed E-state index contributed by atoms with van der Waals surface area (Å²) in [6, 6.07) is 16.4. The van der Waals surface area contributed by atoms with E-state index in [0.29, 0.717) is 54.5 Å². The van der Waals surface area contributed by atoms with Crippen LogP contribution in [0.1, 0.15) is 11.1 Å². The zero-order valence-corrected chi connectivity index (χ0v) is 22.2. The van der Waals surface area contributed by atoms with Crippen LogP contribution >= 0.6 is 62.5 Å². The molecule has 1 amide bonds. The smallest absolute Gasteiger partial charge is 0.264 e. The second-order valence-electron chi connectivity index (χ2n) is 7.00. The Morgan fingerprint density at radius 2 is 1.85 bits per heavy atom. The van der Waals surface area contributed by atoms with Crippen molar-refractivity contribution in [2.75, 3.05) is 7.11 Å². The molecule has 34 heavy (non-hydrogen) atoms. The number of amides is 1. The fraction of sp³-hybridized carbons (Fsp3) is 0.0833. The molecule has 0 unspecified atom stereocenters. The van der Waals surface area contributed by atoms with E-state index in [2.05, 4.69) is 26.2 Å². The van der Waals surface area contributed by atoms with Gasteiger partial charge in [0.25, 0.3) is 5.91 Å². The molecule has 5 nitrogen and oxygen atoms in total. The fourth-order valence-electron chi connectivity index (χ4n) is 3.02. The van der Waals surface area contributed by atoms with Crippen LogP contribution in [-0.4, -0.2) is 18.2 Å². The highest BCUT2D eigenvalue weighted by Gasteiger charge is 2.24. The molecule has 0 aromatic heterocycles. The summed E-state index contributed by atoms with van der Waals surface area (Å²) in [5.74, 6) is 0.600. The zero-order chi connectivity index (χ0) is 24.2. The van der Waals surface area contributed by atoms with Gasteiger partial charge in [0, 0.05) is 4.47 Å². The molecule has 0 spiro atoms. The number of nitrogens with one attached hydrogen (secondary N) is 1. The van der Waals surface area contributed by atoms with E-state index < -0.39 is 0 Å². The summed E-state index contributed by atoms with van der Waals surface area (Å²) in [5.41, 5.74) is 2.13. The third-order valence-electron chi connectivity index (χ3n) is 4.65. The number of benzene rings is 3. The van der Waals surface area contributed by atoms with Gasteiger partial charge < -0.3 is 14.8 Å². The summed E-state index contributed by atoms with van der Waals surface area (Å²) >= 11 is 23.3. The van der Waals surface area contributed by atoms with Crippen molar-refractivity contribution in [2.45, 2.75) is 6.61 Å². The van der Waals surface area contributed by atoms with Crippen LogP contribution in [0, 0.1) is 0 Å². The Morgan fingerprint density at radius 3 is 2.59 bits per heavy atom. The summed E-state index contributed by atoms with van der Waals surface area (Å²) in [6.45, 7) is 0.327. The van der Waals surface area contributed by atoms with Gasteiger partial charge in [-0.15, -0.1) is 0 Å². The minimum Gasteiger partial charge on any atom is -0.493 e. The fourth-order valence-corrected chi connectivity index (χ4v) is 4.73. The van der Waals surface area contributed by atoms with Crippen molar-refractivity contribution in [3.05, 3.63) is 90.2 Å². The lowest BCUT2D eigenvalue weighted by Gasteiger charge is -2.13. The van der Waals surface area contributed by atoms with Crippen molar-refractivity contribution in [1.82, 2.24) is 5.32 Å². The van der Waals surface area contributed by atoms with Crippen LogP contribution in [0.3, 0.4) is 0 Å². The molecule has 174 valence electrons. The number of aliphatic imine (C=N–C) groups is 1. The van der Waals surface area contributed by atoms with Crippen molar-refractivity contribution in [3.8, 4) is 11.5 Å². The van der Waals surface area contributed by atoms with Crippen LogP contribution in [-0.2, 0) is 11.4 Å². The van der Waals surface area contributed by atoms with E-state index in [4.69, 9.17) is 44.3 Å². The van der Waals surface area contributed by atoms with Crippen molar-refractivity contribution in [2.24, 2.45) is 4.99 Å². The largest absolute Gasteiger partial charge is 0.493 e. The Bertz CT molecular complexity index is 1310. The predicted octanol–water partition coefficient (Wildman–Crippen LogP) is 7.89. The Balaban J connectivity index is 1.54. The maximum Gasteiger partial charge on any atom is 0.264 e. The van der Waals surface area contributed by atoms with Crippen LogP contribution in [0.4, 0.5) is 5.69 Å².